The van der Waals surface area contributed by atoms with Gasteiger partial charge in [0.05, 0.1) is 11.2 Å². The molecule has 2 aliphatic heterocycles. The van der Waals surface area contributed by atoms with Gasteiger partial charge >= 0.3 is 0 Å². The van der Waals surface area contributed by atoms with Crippen LogP contribution >= 0.6 is 11.3 Å². The topological polar surface area (TPSA) is 52.9 Å². The van der Waals surface area contributed by atoms with Gasteiger partial charge in [0.2, 0.25) is 5.91 Å². The molecule has 0 aromatic carbocycles. The minimum atomic E-state index is 0.314. The van der Waals surface area contributed by atoms with E-state index in [-0.39, 0.29) is 0 Å². The van der Waals surface area contributed by atoms with Crippen LogP contribution < -0.4 is 10.2 Å². The standard InChI is InChI=1S/C22H25N5OS/c28-22(15-1-2-15)26-9-7-25(8-10-26)18-4-6-24-27-14-17(11-19(18)27)20-12-16-3-5-23-13-21(16)29-20/h4,6,11-12,14-15,23H,1-3,5,7-10,13H2. The van der Waals surface area contributed by atoms with Crippen molar-refractivity contribution in [1.82, 2.24) is 19.8 Å². The summed E-state index contributed by atoms with van der Waals surface area (Å²) in [5.41, 5.74) is 5.09. The number of carbonyl (C=O) groups excluding carboxylic acids is 1. The summed E-state index contributed by atoms with van der Waals surface area (Å²) in [4.78, 5) is 19.6. The number of aromatic nitrogens is 2. The molecule has 5 heterocycles. The molecule has 3 aromatic heterocycles. The molecule has 7 heteroatoms. The number of fused-ring (bicyclic) bond motifs is 2. The Hall–Kier alpha value is -2.38. The second-order valence-corrected chi connectivity index (χ2v) is 9.48. The minimum absolute atomic E-state index is 0.314. The smallest absolute Gasteiger partial charge is 0.225 e. The van der Waals surface area contributed by atoms with Crippen molar-refractivity contribution in [2.24, 2.45) is 5.92 Å². The lowest BCUT2D eigenvalue weighted by atomic mass is 10.1. The maximum Gasteiger partial charge on any atom is 0.225 e. The van der Waals surface area contributed by atoms with Crippen molar-refractivity contribution in [1.29, 1.82) is 0 Å². The second kappa shape index (κ2) is 6.85. The summed E-state index contributed by atoms with van der Waals surface area (Å²) in [6, 6.07) is 6.74. The molecule has 0 atom stereocenters. The predicted octanol–water partition coefficient (Wildman–Crippen LogP) is 2.77. The van der Waals surface area contributed by atoms with E-state index in [1.165, 1.54) is 26.6 Å². The molecular formula is C22H25N5OS. The molecule has 6 rings (SSSR count). The molecule has 0 radical (unpaired) electrons. The van der Waals surface area contributed by atoms with Crippen molar-refractivity contribution in [3.05, 3.63) is 41.0 Å². The van der Waals surface area contributed by atoms with Crippen molar-refractivity contribution < 1.29 is 4.79 Å². The molecule has 0 bridgehead atoms. The van der Waals surface area contributed by atoms with Crippen LogP contribution in [0.1, 0.15) is 23.3 Å². The maximum atomic E-state index is 12.3. The molecule has 150 valence electrons. The number of rotatable bonds is 3. The zero-order valence-corrected chi connectivity index (χ0v) is 17.2. The van der Waals surface area contributed by atoms with Crippen LogP contribution in [0.5, 0.6) is 0 Å². The summed E-state index contributed by atoms with van der Waals surface area (Å²) in [6.07, 6.45) is 7.32. The molecule has 2 fully saturated rings. The number of anilines is 1. The van der Waals surface area contributed by atoms with E-state index in [0.717, 1.165) is 64.0 Å². The van der Waals surface area contributed by atoms with Gasteiger partial charge in [-0.05, 0) is 49.6 Å². The Balaban J connectivity index is 1.27. The molecular weight excluding hydrogens is 382 g/mol. The first kappa shape index (κ1) is 17.5. The van der Waals surface area contributed by atoms with Gasteiger partial charge in [0.1, 0.15) is 0 Å². The van der Waals surface area contributed by atoms with Gasteiger partial charge < -0.3 is 15.1 Å². The third-order valence-corrected chi connectivity index (χ3v) is 7.61. The van der Waals surface area contributed by atoms with Crippen molar-refractivity contribution >= 4 is 28.4 Å². The number of nitrogens with one attached hydrogen (secondary N) is 1. The molecule has 1 N–H and O–H groups in total. The van der Waals surface area contributed by atoms with E-state index in [0.29, 0.717) is 11.8 Å². The number of piperazine rings is 1. The number of amides is 1. The van der Waals surface area contributed by atoms with Crippen LogP contribution in [-0.4, -0.2) is 53.1 Å². The monoisotopic (exact) mass is 407 g/mol. The summed E-state index contributed by atoms with van der Waals surface area (Å²) in [5.74, 6) is 0.680. The van der Waals surface area contributed by atoms with E-state index >= 15 is 0 Å². The van der Waals surface area contributed by atoms with E-state index in [1.54, 1.807) is 0 Å². The van der Waals surface area contributed by atoms with Gasteiger partial charge in [-0.15, -0.1) is 11.3 Å². The normalized spacial score (nSPS) is 19.6. The molecule has 6 nitrogen and oxygen atoms in total. The van der Waals surface area contributed by atoms with Crippen LogP contribution in [0, 0.1) is 5.92 Å². The van der Waals surface area contributed by atoms with Crippen LogP contribution in [0.2, 0.25) is 0 Å². The Bertz CT molecular complexity index is 1050. The van der Waals surface area contributed by atoms with Gasteiger partial charge in [-0.2, -0.15) is 5.10 Å². The summed E-state index contributed by atoms with van der Waals surface area (Å²) in [6.45, 7) is 5.47. The van der Waals surface area contributed by atoms with E-state index in [4.69, 9.17) is 0 Å². The Morgan fingerprint density at radius 2 is 2.03 bits per heavy atom. The van der Waals surface area contributed by atoms with Gasteiger partial charge in [0, 0.05) is 66.4 Å². The lowest BCUT2D eigenvalue weighted by molar-refractivity contribution is -0.132. The number of thiophene rings is 1. The fraction of sp³-hybridized carbons (Fsp3) is 0.455. The average molecular weight is 408 g/mol. The number of hydrogen-bond acceptors (Lipinski definition) is 5. The first-order valence-corrected chi connectivity index (χ1v) is 11.4. The van der Waals surface area contributed by atoms with E-state index in [1.807, 2.05) is 22.0 Å². The Labute approximate surface area is 174 Å². The molecule has 0 unspecified atom stereocenters. The highest BCUT2D eigenvalue weighted by Gasteiger charge is 2.34. The third kappa shape index (κ3) is 3.13. The van der Waals surface area contributed by atoms with Crippen LogP contribution in [0.25, 0.3) is 16.0 Å². The summed E-state index contributed by atoms with van der Waals surface area (Å²) >= 11 is 1.90. The van der Waals surface area contributed by atoms with Gasteiger partial charge in [-0.25, -0.2) is 4.52 Å². The number of nitrogens with zero attached hydrogens (tertiary/aromatic N) is 4. The lowest BCUT2D eigenvalue weighted by Gasteiger charge is -2.36. The first-order chi connectivity index (χ1) is 14.3. The largest absolute Gasteiger partial charge is 0.366 e. The summed E-state index contributed by atoms with van der Waals surface area (Å²) in [7, 11) is 0. The van der Waals surface area contributed by atoms with Crippen LogP contribution in [0.4, 0.5) is 5.69 Å². The number of carbonyl (C=O) groups is 1. The fourth-order valence-electron chi connectivity index (χ4n) is 4.55. The highest BCUT2D eigenvalue weighted by atomic mass is 32.1. The fourth-order valence-corrected chi connectivity index (χ4v) is 5.72. The molecule has 29 heavy (non-hydrogen) atoms. The molecule has 3 aromatic rings. The molecule has 1 saturated carbocycles. The van der Waals surface area contributed by atoms with Crippen molar-refractivity contribution in [2.75, 3.05) is 37.6 Å². The van der Waals surface area contributed by atoms with Gasteiger partial charge in [-0.1, -0.05) is 0 Å². The Morgan fingerprint density at radius 3 is 2.83 bits per heavy atom. The van der Waals surface area contributed by atoms with Gasteiger partial charge in [0.15, 0.2) is 0 Å². The second-order valence-electron chi connectivity index (χ2n) is 8.35. The Morgan fingerprint density at radius 1 is 1.17 bits per heavy atom. The van der Waals surface area contributed by atoms with E-state index in [9.17, 15) is 4.79 Å². The molecule has 0 spiro atoms. The Kier molecular flexibility index (Phi) is 4.13. The third-order valence-electron chi connectivity index (χ3n) is 6.38. The van der Waals surface area contributed by atoms with Crippen LogP contribution in [0.15, 0.2) is 30.6 Å². The summed E-state index contributed by atoms with van der Waals surface area (Å²) in [5, 5.41) is 8.02. The molecule has 1 saturated heterocycles. The van der Waals surface area contributed by atoms with Crippen molar-refractivity contribution in [3.63, 3.8) is 0 Å². The zero-order chi connectivity index (χ0) is 19.4. The van der Waals surface area contributed by atoms with E-state index in [2.05, 4.69) is 44.6 Å². The maximum absolute atomic E-state index is 12.3. The summed E-state index contributed by atoms with van der Waals surface area (Å²) < 4.78 is 2.00. The quantitative estimate of drug-likeness (QED) is 0.725. The van der Waals surface area contributed by atoms with Crippen molar-refractivity contribution in [2.45, 2.75) is 25.8 Å². The molecule has 1 amide bonds. The highest BCUT2D eigenvalue weighted by molar-refractivity contribution is 7.15. The first-order valence-electron chi connectivity index (χ1n) is 10.6. The molecule has 1 aliphatic carbocycles. The van der Waals surface area contributed by atoms with Crippen LogP contribution in [0.3, 0.4) is 0 Å². The van der Waals surface area contributed by atoms with Crippen LogP contribution in [-0.2, 0) is 17.8 Å². The number of hydrogen-bond donors (Lipinski definition) is 1. The van der Waals surface area contributed by atoms with Gasteiger partial charge in [0.25, 0.3) is 0 Å². The average Bonchev–Trinajstić information content (AvgIpc) is 3.36. The van der Waals surface area contributed by atoms with Gasteiger partial charge in [-0.3, -0.25) is 4.79 Å². The lowest BCUT2D eigenvalue weighted by Crippen LogP contribution is -2.49. The predicted molar refractivity (Wildman–Crippen MR) is 115 cm³/mol. The van der Waals surface area contributed by atoms with Crippen molar-refractivity contribution in [3.8, 4) is 10.4 Å². The minimum Gasteiger partial charge on any atom is -0.366 e. The zero-order valence-electron chi connectivity index (χ0n) is 16.4. The van der Waals surface area contributed by atoms with E-state index < -0.39 is 0 Å². The highest BCUT2D eigenvalue weighted by Crippen LogP contribution is 2.36. The molecule has 3 aliphatic rings. The SMILES string of the molecule is O=C(C1CC1)N1CCN(c2ccnn3cc(-c4cc5c(s4)CNCC5)cc23)CC1.